The lowest BCUT2D eigenvalue weighted by Gasteiger charge is -2.15. The van der Waals surface area contributed by atoms with Crippen molar-refractivity contribution in [3.63, 3.8) is 0 Å². The Bertz CT molecular complexity index is 1160. The summed E-state index contributed by atoms with van der Waals surface area (Å²) in [6, 6.07) is 0. The van der Waals surface area contributed by atoms with Crippen molar-refractivity contribution in [3.8, 4) is 0 Å². The molecule has 0 aromatic carbocycles. The van der Waals surface area contributed by atoms with Crippen LogP contribution in [0.3, 0.4) is 0 Å². The highest BCUT2D eigenvalue weighted by Crippen LogP contribution is 2.42. The minimum atomic E-state index is -0.0957. The molecule has 0 atom stereocenters. The molecule has 2 aliphatic carbocycles. The van der Waals surface area contributed by atoms with Gasteiger partial charge >= 0.3 is 0 Å². The Balaban J connectivity index is 1.28. The Morgan fingerprint density at radius 2 is 2.04 bits per heavy atom. The zero-order chi connectivity index (χ0) is 19.5. The van der Waals surface area contributed by atoms with E-state index in [-0.39, 0.29) is 23.3 Å². The second-order valence-corrected chi connectivity index (χ2v) is 10.4. The average molecular weight is 415 g/mol. The quantitative estimate of drug-likeness (QED) is 0.681. The first kappa shape index (κ1) is 18.0. The van der Waals surface area contributed by atoms with Crippen LogP contribution in [0.15, 0.2) is 4.79 Å². The number of amides is 1. The van der Waals surface area contributed by atoms with E-state index in [2.05, 4.69) is 34.1 Å². The molecule has 0 spiro atoms. The van der Waals surface area contributed by atoms with E-state index < -0.39 is 0 Å². The number of thiophene rings is 1. The SMILES string of the molecule is CC1(C)CCc2sc(NC(=O)CCc3nc4sc5c(c4c(=O)[nH]3)CCC5)nc21. The predicted octanol–water partition coefficient (Wildman–Crippen LogP) is 3.72. The van der Waals surface area contributed by atoms with Crippen molar-refractivity contribution in [3.05, 3.63) is 37.2 Å². The van der Waals surface area contributed by atoms with Crippen molar-refractivity contribution < 1.29 is 4.79 Å². The van der Waals surface area contributed by atoms with Crippen molar-refractivity contribution in [2.45, 2.75) is 64.2 Å². The summed E-state index contributed by atoms with van der Waals surface area (Å²) < 4.78 is 0. The number of carbonyl (C=O) groups is 1. The third-order valence-corrected chi connectivity index (χ3v) is 7.99. The normalized spacial score (nSPS) is 17.1. The number of thiazole rings is 1. The summed E-state index contributed by atoms with van der Waals surface area (Å²) in [5, 5.41) is 4.34. The highest BCUT2D eigenvalue weighted by molar-refractivity contribution is 7.18. The summed E-state index contributed by atoms with van der Waals surface area (Å²) >= 11 is 3.20. The zero-order valence-electron chi connectivity index (χ0n) is 16.0. The van der Waals surface area contributed by atoms with Crippen LogP contribution in [0, 0.1) is 0 Å². The van der Waals surface area contributed by atoms with Crippen LogP contribution in [0.1, 0.15) is 59.9 Å². The van der Waals surface area contributed by atoms with E-state index in [0.717, 1.165) is 48.0 Å². The molecule has 0 radical (unpaired) electrons. The number of aromatic amines is 1. The Morgan fingerprint density at radius 3 is 2.86 bits per heavy atom. The molecule has 8 heteroatoms. The number of rotatable bonds is 4. The summed E-state index contributed by atoms with van der Waals surface area (Å²) in [7, 11) is 0. The summed E-state index contributed by atoms with van der Waals surface area (Å²) in [5.74, 6) is 0.483. The number of hydrogen-bond acceptors (Lipinski definition) is 6. The van der Waals surface area contributed by atoms with Gasteiger partial charge in [-0.25, -0.2) is 9.97 Å². The summed E-state index contributed by atoms with van der Waals surface area (Å²) in [4.78, 5) is 40.4. The van der Waals surface area contributed by atoms with E-state index in [9.17, 15) is 9.59 Å². The van der Waals surface area contributed by atoms with Crippen molar-refractivity contribution in [2.24, 2.45) is 0 Å². The molecule has 3 heterocycles. The highest BCUT2D eigenvalue weighted by atomic mass is 32.1. The second kappa shape index (κ2) is 6.49. The molecular formula is C20H22N4O2S2. The van der Waals surface area contributed by atoms with Gasteiger partial charge in [0, 0.05) is 28.0 Å². The summed E-state index contributed by atoms with van der Waals surface area (Å²) in [6.07, 6.45) is 5.96. The summed E-state index contributed by atoms with van der Waals surface area (Å²) in [5.41, 5.74) is 2.32. The van der Waals surface area contributed by atoms with E-state index in [1.807, 2.05) is 0 Å². The first-order chi connectivity index (χ1) is 13.4. The van der Waals surface area contributed by atoms with Crippen LogP contribution in [0.2, 0.25) is 0 Å². The second-order valence-electron chi connectivity index (χ2n) is 8.27. The molecule has 2 aliphatic rings. The molecule has 0 unspecified atom stereocenters. The number of nitrogens with one attached hydrogen (secondary N) is 2. The molecule has 3 aromatic heterocycles. The van der Waals surface area contributed by atoms with Crippen LogP contribution >= 0.6 is 22.7 Å². The fraction of sp³-hybridized carbons (Fsp3) is 0.500. The smallest absolute Gasteiger partial charge is 0.259 e. The lowest BCUT2D eigenvalue weighted by Crippen LogP contribution is -2.17. The van der Waals surface area contributed by atoms with Crippen LogP contribution < -0.4 is 10.9 Å². The van der Waals surface area contributed by atoms with Gasteiger partial charge in [-0.2, -0.15) is 0 Å². The lowest BCUT2D eigenvalue weighted by atomic mass is 9.91. The Labute approximate surface area is 170 Å². The van der Waals surface area contributed by atoms with Gasteiger partial charge in [-0.1, -0.05) is 13.8 Å². The molecule has 2 N–H and O–H groups in total. The Kier molecular flexibility index (Phi) is 4.17. The van der Waals surface area contributed by atoms with E-state index in [1.165, 1.54) is 15.3 Å². The maximum atomic E-state index is 12.5. The molecule has 0 aliphatic heterocycles. The van der Waals surface area contributed by atoms with Crippen LogP contribution in [0.25, 0.3) is 10.2 Å². The lowest BCUT2D eigenvalue weighted by molar-refractivity contribution is -0.116. The fourth-order valence-electron chi connectivity index (χ4n) is 4.23. The van der Waals surface area contributed by atoms with Crippen LogP contribution in [0.4, 0.5) is 5.13 Å². The number of aromatic nitrogens is 3. The maximum absolute atomic E-state index is 12.5. The van der Waals surface area contributed by atoms with Crippen LogP contribution in [-0.2, 0) is 35.9 Å². The zero-order valence-corrected chi connectivity index (χ0v) is 17.6. The monoisotopic (exact) mass is 414 g/mol. The largest absolute Gasteiger partial charge is 0.310 e. The van der Waals surface area contributed by atoms with E-state index >= 15 is 0 Å². The number of nitrogens with zero attached hydrogens (tertiary/aromatic N) is 2. The maximum Gasteiger partial charge on any atom is 0.259 e. The van der Waals surface area contributed by atoms with Gasteiger partial charge in [0.15, 0.2) is 5.13 Å². The van der Waals surface area contributed by atoms with Gasteiger partial charge in [-0.3, -0.25) is 9.59 Å². The van der Waals surface area contributed by atoms with Crippen molar-refractivity contribution >= 4 is 43.9 Å². The molecule has 3 aromatic rings. The van der Waals surface area contributed by atoms with Gasteiger partial charge in [0.2, 0.25) is 5.91 Å². The molecule has 0 fully saturated rings. The fourth-order valence-corrected chi connectivity index (χ4v) is 6.67. The van der Waals surface area contributed by atoms with Gasteiger partial charge in [0.25, 0.3) is 5.56 Å². The number of anilines is 1. The minimum Gasteiger partial charge on any atom is -0.310 e. The van der Waals surface area contributed by atoms with E-state index in [1.54, 1.807) is 22.7 Å². The Morgan fingerprint density at radius 1 is 1.18 bits per heavy atom. The van der Waals surface area contributed by atoms with Gasteiger partial charge in [0.1, 0.15) is 10.7 Å². The molecule has 6 nitrogen and oxygen atoms in total. The molecule has 28 heavy (non-hydrogen) atoms. The van der Waals surface area contributed by atoms with Crippen molar-refractivity contribution in [1.29, 1.82) is 0 Å². The molecule has 0 saturated heterocycles. The number of fused-ring (bicyclic) bond motifs is 4. The number of H-pyrrole nitrogens is 1. The first-order valence-electron chi connectivity index (χ1n) is 9.74. The highest BCUT2D eigenvalue weighted by Gasteiger charge is 2.33. The topological polar surface area (TPSA) is 87.7 Å². The van der Waals surface area contributed by atoms with Crippen LogP contribution in [-0.4, -0.2) is 20.9 Å². The molecule has 5 rings (SSSR count). The first-order valence-corrected chi connectivity index (χ1v) is 11.4. The van der Waals surface area contributed by atoms with Crippen LogP contribution in [0.5, 0.6) is 0 Å². The van der Waals surface area contributed by atoms with Gasteiger partial charge in [0.05, 0.1) is 11.1 Å². The molecule has 0 saturated carbocycles. The molecule has 146 valence electrons. The van der Waals surface area contributed by atoms with Gasteiger partial charge in [-0.05, 0) is 37.7 Å². The third kappa shape index (κ3) is 2.99. The molecule has 0 bridgehead atoms. The molecule has 1 amide bonds. The molecular weight excluding hydrogens is 392 g/mol. The van der Waals surface area contributed by atoms with E-state index in [4.69, 9.17) is 0 Å². The van der Waals surface area contributed by atoms with Gasteiger partial charge < -0.3 is 10.3 Å². The van der Waals surface area contributed by atoms with Gasteiger partial charge in [-0.15, -0.1) is 22.7 Å². The standard InChI is InChI=1S/C20H22N4O2S2/c1-20(2)9-8-12-16(20)24-19(28-12)23-14(25)7-6-13-21-17(26)15-10-4-3-5-11(10)27-18(15)22-13/h3-9H2,1-2H3,(H,21,22,26)(H,23,24,25). The number of hydrogen-bond donors (Lipinski definition) is 2. The minimum absolute atomic E-state index is 0.0709. The van der Waals surface area contributed by atoms with Crippen molar-refractivity contribution in [1.82, 2.24) is 15.0 Å². The Hall–Kier alpha value is -2.06. The third-order valence-electron chi connectivity index (χ3n) is 5.77. The number of aryl methyl sites for hydroxylation is 4. The van der Waals surface area contributed by atoms with E-state index in [0.29, 0.717) is 17.4 Å². The number of carbonyl (C=O) groups excluding carboxylic acids is 1. The summed E-state index contributed by atoms with van der Waals surface area (Å²) in [6.45, 7) is 4.39. The predicted molar refractivity (Wildman–Crippen MR) is 113 cm³/mol. The van der Waals surface area contributed by atoms with Crippen molar-refractivity contribution in [2.75, 3.05) is 5.32 Å². The average Bonchev–Trinajstić information content (AvgIpc) is 3.35.